The SMILES string of the molecule is CCCCCC(NC)C(CC)(CC)N(CC)CC. The first-order chi connectivity index (χ1) is 8.66. The Morgan fingerprint density at radius 1 is 0.944 bits per heavy atom. The van der Waals surface area contributed by atoms with Gasteiger partial charge >= 0.3 is 0 Å². The van der Waals surface area contributed by atoms with Crippen molar-refractivity contribution in [2.75, 3.05) is 20.1 Å². The predicted octanol–water partition coefficient (Wildman–Crippen LogP) is 4.06. The molecule has 0 rings (SSSR count). The second-order valence-corrected chi connectivity index (χ2v) is 5.32. The van der Waals surface area contributed by atoms with E-state index in [1.807, 2.05) is 0 Å². The molecule has 0 saturated carbocycles. The summed E-state index contributed by atoms with van der Waals surface area (Å²) in [4.78, 5) is 2.67. The highest BCUT2D eigenvalue weighted by molar-refractivity contribution is 4.98. The van der Waals surface area contributed by atoms with Crippen LogP contribution in [0.4, 0.5) is 0 Å². The van der Waals surface area contributed by atoms with Crippen molar-refractivity contribution >= 4 is 0 Å². The molecule has 1 atom stereocenters. The van der Waals surface area contributed by atoms with Crippen LogP contribution in [-0.4, -0.2) is 36.6 Å². The molecule has 0 spiro atoms. The summed E-state index contributed by atoms with van der Waals surface area (Å²) in [6.45, 7) is 13.9. The van der Waals surface area contributed by atoms with Crippen LogP contribution in [0.25, 0.3) is 0 Å². The first-order valence-electron chi connectivity index (χ1n) is 8.08. The molecule has 0 saturated heterocycles. The third-order valence-electron chi connectivity index (χ3n) is 4.71. The fourth-order valence-electron chi connectivity index (χ4n) is 3.54. The highest BCUT2D eigenvalue weighted by Gasteiger charge is 2.38. The molecule has 0 amide bonds. The van der Waals surface area contributed by atoms with Gasteiger partial charge in [0.15, 0.2) is 0 Å². The first kappa shape index (κ1) is 17.9. The number of unbranched alkanes of at least 4 members (excludes halogenated alkanes) is 2. The fraction of sp³-hybridized carbons (Fsp3) is 1.00. The van der Waals surface area contributed by atoms with Gasteiger partial charge in [0.2, 0.25) is 0 Å². The van der Waals surface area contributed by atoms with E-state index in [9.17, 15) is 0 Å². The Balaban J connectivity index is 4.88. The van der Waals surface area contributed by atoms with Gasteiger partial charge in [-0.1, -0.05) is 53.9 Å². The molecule has 0 aromatic carbocycles. The van der Waals surface area contributed by atoms with Gasteiger partial charge in [-0.15, -0.1) is 0 Å². The van der Waals surface area contributed by atoms with Crippen LogP contribution in [-0.2, 0) is 0 Å². The molecule has 0 aromatic heterocycles. The number of hydrogen-bond donors (Lipinski definition) is 1. The van der Waals surface area contributed by atoms with E-state index in [0.29, 0.717) is 11.6 Å². The molecule has 2 heteroatoms. The second kappa shape index (κ2) is 9.80. The summed E-state index contributed by atoms with van der Waals surface area (Å²) in [5.41, 5.74) is 0.339. The van der Waals surface area contributed by atoms with Gasteiger partial charge in [-0.25, -0.2) is 0 Å². The van der Waals surface area contributed by atoms with Crippen LogP contribution in [0.15, 0.2) is 0 Å². The van der Waals surface area contributed by atoms with Crippen LogP contribution < -0.4 is 5.32 Å². The maximum absolute atomic E-state index is 3.61. The Morgan fingerprint density at radius 2 is 1.50 bits per heavy atom. The van der Waals surface area contributed by atoms with Gasteiger partial charge in [0.25, 0.3) is 0 Å². The molecule has 1 N–H and O–H groups in total. The van der Waals surface area contributed by atoms with Crippen molar-refractivity contribution in [3.05, 3.63) is 0 Å². The minimum Gasteiger partial charge on any atom is -0.315 e. The number of hydrogen-bond acceptors (Lipinski definition) is 2. The van der Waals surface area contributed by atoms with Gasteiger partial charge in [-0.2, -0.15) is 0 Å². The molecular formula is C16H36N2. The van der Waals surface area contributed by atoms with Crippen molar-refractivity contribution in [3.63, 3.8) is 0 Å². The van der Waals surface area contributed by atoms with E-state index < -0.39 is 0 Å². The molecule has 0 aromatic rings. The monoisotopic (exact) mass is 256 g/mol. The zero-order chi connectivity index (χ0) is 14.0. The lowest BCUT2D eigenvalue weighted by Gasteiger charge is -2.48. The summed E-state index contributed by atoms with van der Waals surface area (Å²) < 4.78 is 0. The summed E-state index contributed by atoms with van der Waals surface area (Å²) in [6.07, 6.45) is 7.81. The normalized spacial score (nSPS) is 14.2. The Bertz CT molecular complexity index is 184. The molecule has 110 valence electrons. The van der Waals surface area contributed by atoms with Crippen LogP contribution >= 0.6 is 0 Å². The lowest BCUT2D eigenvalue weighted by atomic mass is 9.80. The first-order valence-corrected chi connectivity index (χ1v) is 8.08. The fourth-order valence-corrected chi connectivity index (χ4v) is 3.54. The molecular weight excluding hydrogens is 220 g/mol. The number of likely N-dealkylation sites (N-methyl/N-ethyl adjacent to an activating group) is 2. The Hall–Kier alpha value is -0.0800. The molecule has 0 aliphatic heterocycles. The third kappa shape index (κ3) is 4.24. The molecule has 0 radical (unpaired) electrons. The van der Waals surface area contributed by atoms with Gasteiger partial charge in [0.1, 0.15) is 0 Å². The van der Waals surface area contributed by atoms with E-state index in [2.05, 4.69) is 51.9 Å². The van der Waals surface area contributed by atoms with Crippen LogP contribution in [0.1, 0.15) is 73.1 Å². The smallest absolute Gasteiger partial charge is 0.0356 e. The Labute approximate surface area is 116 Å². The maximum atomic E-state index is 3.61. The summed E-state index contributed by atoms with van der Waals surface area (Å²) in [7, 11) is 2.14. The average molecular weight is 256 g/mol. The topological polar surface area (TPSA) is 15.3 Å². The molecule has 0 aliphatic carbocycles. The molecule has 0 fully saturated rings. The summed E-state index contributed by atoms with van der Waals surface area (Å²) in [6, 6.07) is 0.624. The highest BCUT2D eigenvalue weighted by atomic mass is 15.2. The summed E-state index contributed by atoms with van der Waals surface area (Å²) in [5, 5.41) is 3.61. The second-order valence-electron chi connectivity index (χ2n) is 5.32. The van der Waals surface area contributed by atoms with Crippen molar-refractivity contribution in [3.8, 4) is 0 Å². The minimum absolute atomic E-state index is 0.339. The zero-order valence-electron chi connectivity index (χ0n) is 13.7. The molecule has 1 unspecified atom stereocenters. The van der Waals surface area contributed by atoms with Gasteiger partial charge < -0.3 is 5.32 Å². The van der Waals surface area contributed by atoms with Crippen molar-refractivity contribution in [2.45, 2.75) is 84.7 Å². The van der Waals surface area contributed by atoms with Gasteiger partial charge in [0, 0.05) is 11.6 Å². The highest BCUT2D eigenvalue weighted by Crippen LogP contribution is 2.30. The van der Waals surface area contributed by atoms with E-state index in [1.54, 1.807) is 0 Å². The van der Waals surface area contributed by atoms with Crippen LogP contribution in [0, 0.1) is 0 Å². The number of nitrogens with one attached hydrogen (secondary N) is 1. The van der Waals surface area contributed by atoms with Gasteiger partial charge in [0.05, 0.1) is 0 Å². The number of rotatable bonds is 11. The Kier molecular flexibility index (Phi) is 9.76. The molecule has 0 bridgehead atoms. The standard InChI is InChI=1S/C16H36N2/c1-7-12-13-14-15(17-6)16(8-2,9-3)18(10-4)11-5/h15,17H,7-14H2,1-6H3. The molecule has 0 aliphatic rings. The van der Waals surface area contributed by atoms with Crippen LogP contribution in [0.3, 0.4) is 0 Å². The summed E-state index contributed by atoms with van der Waals surface area (Å²) in [5.74, 6) is 0. The minimum atomic E-state index is 0.339. The van der Waals surface area contributed by atoms with Gasteiger partial charge in [-0.05, 0) is 39.4 Å². The predicted molar refractivity (Wildman–Crippen MR) is 83.2 cm³/mol. The van der Waals surface area contributed by atoms with Crippen molar-refractivity contribution in [1.29, 1.82) is 0 Å². The number of nitrogens with zero attached hydrogens (tertiary/aromatic N) is 1. The van der Waals surface area contributed by atoms with Crippen molar-refractivity contribution in [1.82, 2.24) is 10.2 Å². The maximum Gasteiger partial charge on any atom is 0.0356 e. The van der Waals surface area contributed by atoms with Crippen LogP contribution in [0.2, 0.25) is 0 Å². The van der Waals surface area contributed by atoms with Crippen LogP contribution in [0.5, 0.6) is 0 Å². The average Bonchev–Trinajstić information content (AvgIpc) is 2.42. The lowest BCUT2D eigenvalue weighted by molar-refractivity contribution is 0.0479. The largest absolute Gasteiger partial charge is 0.315 e. The van der Waals surface area contributed by atoms with Crippen molar-refractivity contribution in [2.24, 2.45) is 0 Å². The van der Waals surface area contributed by atoms with Crippen molar-refractivity contribution < 1.29 is 0 Å². The lowest BCUT2D eigenvalue weighted by Crippen LogP contribution is -2.60. The molecule has 18 heavy (non-hydrogen) atoms. The molecule has 2 nitrogen and oxygen atoms in total. The third-order valence-corrected chi connectivity index (χ3v) is 4.71. The van der Waals surface area contributed by atoms with Gasteiger partial charge in [-0.3, -0.25) is 4.90 Å². The van der Waals surface area contributed by atoms with E-state index >= 15 is 0 Å². The van der Waals surface area contributed by atoms with E-state index in [0.717, 1.165) is 13.1 Å². The van der Waals surface area contributed by atoms with E-state index in [1.165, 1.54) is 38.5 Å². The quantitative estimate of drug-likeness (QED) is 0.561. The zero-order valence-corrected chi connectivity index (χ0v) is 13.7. The van der Waals surface area contributed by atoms with E-state index in [-0.39, 0.29) is 0 Å². The Morgan fingerprint density at radius 3 is 1.83 bits per heavy atom. The van der Waals surface area contributed by atoms with E-state index in [4.69, 9.17) is 0 Å². The molecule has 0 heterocycles. The summed E-state index contributed by atoms with van der Waals surface area (Å²) >= 11 is 0.